The van der Waals surface area contributed by atoms with Gasteiger partial charge in [-0.25, -0.2) is 4.79 Å². The first-order valence-corrected chi connectivity index (χ1v) is 10.1. The van der Waals surface area contributed by atoms with Gasteiger partial charge in [-0.1, -0.05) is 30.3 Å². The minimum Gasteiger partial charge on any atom is -0.467 e. The Morgan fingerprint density at radius 1 is 1.13 bits per heavy atom. The number of benzene rings is 1. The van der Waals surface area contributed by atoms with Crippen LogP contribution in [0.1, 0.15) is 29.6 Å². The lowest BCUT2D eigenvalue weighted by molar-refractivity contribution is -0.230. The minimum absolute atomic E-state index is 0.0588. The molecule has 1 aliphatic carbocycles. The van der Waals surface area contributed by atoms with Gasteiger partial charge in [-0.2, -0.15) is 13.2 Å². The highest BCUT2D eigenvalue weighted by Crippen LogP contribution is 2.56. The van der Waals surface area contributed by atoms with E-state index in [2.05, 4.69) is 9.64 Å². The normalized spacial score (nSPS) is 32.2. The predicted octanol–water partition coefficient (Wildman–Crippen LogP) is 3.07. The average molecular weight is 422 g/mol. The number of carbonyl (C=O) groups is 2. The van der Waals surface area contributed by atoms with Crippen molar-refractivity contribution in [3.63, 3.8) is 0 Å². The molecule has 1 saturated carbocycles. The molecule has 1 aromatic rings. The van der Waals surface area contributed by atoms with E-state index in [0.717, 1.165) is 44.0 Å². The van der Waals surface area contributed by atoms with Crippen molar-refractivity contribution in [2.24, 2.45) is 5.92 Å². The first-order valence-electron chi connectivity index (χ1n) is 10.1. The Kier molecular flexibility index (Phi) is 5.05. The van der Waals surface area contributed by atoms with Gasteiger partial charge < -0.3 is 4.74 Å². The largest absolute Gasteiger partial charge is 0.467 e. The number of methoxy groups -OCH3 is 1. The fourth-order valence-corrected chi connectivity index (χ4v) is 5.44. The molecule has 0 radical (unpaired) electrons. The second-order valence-electron chi connectivity index (χ2n) is 8.39. The van der Waals surface area contributed by atoms with Gasteiger partial charge in [0.25, 0.3) is 0 Å². The van der Waals surface area contributed by atoms with Gasteiger partial charge in [0.05, 0.1) is 12.6 Å². The summed E-state index contributed by atoms with van der Waals surface area (Å²) in [5.74, 6) is -1.86. The standard InChI is InChI=1S/C22H25F3N2O3/c1-26-14-20(27-10-6-7-11-27)16(13-21(26,19(29)30-2)22(23,24)25)12-17(20)18(28)15-8-4-3-5-9-15/h3-5,8-9,13,17H,6-7,10-12,14H2,1-2H3. The van der Waals surface area contributed by atoms with E-state index in [9.17, 15) is 22.8 Å². The summed E-state index contributed by atoms with van der Waals surface area (Å²) in [6, 6.07) is 8.86. The molecule has 3 aliphatic rings. The van der Waals surface area contributed by atoms with Crippen LogP contribution in [0, 0.1) is 5.92 Å². The van der Waals surface area contributed by atoms with Gasteiger partial charge in [0.15, 0.2) is 5.78 Å². The molecule has 162 valence electrons. The van der Waals surface area contributed by atoms with E-state index in [-0.39, 0.29) is 18.7 Å². The quantitative estimate of drug-likeness (QED) is 0.424. The van der Waals surface area contributed by atoms with Gasteiger partial charge in [0.1, 0.15) is 0 Å². The van der Waals surface area contributed by atoms with Crippen molar-refractivity contribution < 1.29 is 27.5 Å². The molecule has 30 heavy (non-hydrogen) atoms. The van der Waals surface area contributed by atoms with Gasteiger partial charge in [-0.05, 0) is 51.0 Å². The lowest BCUT2D eigenvalue weighted by atomic mass is 9.56. The molecule has 0 spiro atoms. The molecule has 0 amide bonds. The number of hydrogen-bond acceptors (Lipinski definition) is 5. The van der Waals surface area contributed by atoms with Crippen LogP contribution in [-0.2, 0) is 9.53 Å². The highest BCUT2D eigenvalue weighted by molar-refractivity contribution is 6.01. The van der Waals surface area contributed by atoms with Crippen LogP contribution in [0.25, 0.3) is 0 Å². The number of likely N-dealkylation sites (N-methyl/N-ethyl adjacent to an activating group) is 1. The summed E-state index contributed by atoms with van der Waals surface area (Å²) < 4.78 is 47.1. The number of halogens is 3. The highest BCUT2D eigenvalue weighted by atomic mass is 19.4. The number of esters is 1. The number of Topliss-reactive ketones (excluding diaryl/α,β-unsaturated/α-hetero) is 1. The highest BCUT2D eigenvalue weighted by Gasteiger charge is 2.70. The molecule has 0 bridgehead atoms. The van der Waals surface area contributed by atoms with E-state index in [1.807, 2.05) is 6.07 Å². The van der Waals surface area contributed by atoms with E-state index in [0.29, 0.717) is 11.1 Å². The number of ether oxygens (including phenoxy) is 1. The van der Waals surface area contributed by atoms with Gasteiger partial charge >= 0.3 is 12.1 Å². The first kappa shape index (κ1) is 21.1. The number of hydrogen-bond donors (Lipinski definition) is 0. The number of alkyl halides is 3. The molecule has 3 unspecified atom stereocenters. The number of carbonyl (C=O) groups excluding carboxylic acids is 2. The Labute approximate surface area is 173 Å². The molecular weight excluding hydrogens is 397 g/mol. The molecule has 1 aromatic carbocycles. The molecule has 5 nitrogen and oxygen atoms in total. The van der Waals surface area contributed by atoms with Crippen molar-refractivity contribution in [1.82, 2.24) is 9.80 Å². The maximum Gasteiger partial charge on any atom is 0.421 e. The molecule has 0 N–H and O–H groups in total. The third kappa shape index (κ3) is 2.76. The van der Waals surface area contributed by atoms with Gasteiger partial charge in [0, 0.05) is 18.0 Å². The molecular formula is C22H25F3N2O3. The maximum absolute atomic E-state index is 14.2. The Morgan fingerprint density at radius 2 is 1.77 bits per heavy atom. The second kappa shape index (κ2) is 7.20. The van der Waals surface area contributed by atoms with E-state index in [1.54, 1.807) is 24.3 Å². The zero-order valence-corrected chi connectivity index (χ0v) is 17.0. The van der Waals surface area contributed by atoms with Crippen LogP contribution in [0.15, 0.2) is 42.0 Å². The van der Waals surface area contributed by atoms with Crippen LogP contribution < -0.4 is 0 Å². The van der Waals surface area contributed by atoms with E-state index in [4.69, 9.17) is 0 Å². The molecule has 1 saturated heterocycles. The van der Waals surface area contributed by atoms with Crippen LogP contribution in [-0.4, -0.2) is 72.6 Å². The van der Waals surface area contributed by atoms with Crippen molar-refractivity contribution in [2.75, 3.05) is 33.8 Å². The summed E-state index contributed by atoms with van der Waals surface area (Å²) in [6.07, 6.45) is -1.73. The summed E-state index contributed by atoms with van der Waals surface area (Å²) >= 11 is 0. The van der Waals surface area contributed by atoms with Crippen LogP contribution in [0.4, 0.5) is 13.2 Å². The Bertz CT molecular complexity index is 879. The number of likely N-dealkylation sites (tertiary alicyclic amines) is 1. The van der Waals surface area contributed by atoms with Crippen LogP contribution in [0.3, 0.4) is 0 Å². The molecule has 2 heterocycles. The van der Waals surface area contributed by atoms with E-state index in [1.165, 1.54) is 7.05 Å². The summed E-state index contributed by atoms with van der Waals surface area (Å²) in [7, 11) is 2.25. The lowest BCUT2D eigenvalue weighted by Crippen LogP contribution is -2.76. The fourth-order valence-electron chi connectivity index (χ4n) is 5.44. The van der Waals surface area contributed by atoms with E-state index >= 15 is 0 Å². The third-order valence-electron chi connectivity index (χ3n) is 6.99. The summed E-state index contributed by atoms with van der Waals surface area (Å²) in [5.41, 5.74) is -2.58. The van der Waals surface area contributed by atoms with Gasteiger partial charge in [0.2, 0.25) is 5.54 Å². The monoisotopic (exact) mass is 422 g/mol. The lowest BCUT2D eigenvalue weighted by Gasteiger charge is -2.62. The molecule has 2 fully saturated rings. The number of fused-ring (bicyclic) bond motifs is 1. The van der Waals surface area contributed by atoms with Crippen molar-refractivity contribution in [3.05, 3.63) is 47.5 Å². The first-order chi connectivity index (χ1) is 14.2. The summed E-state index contributed by atoms with van der Waals surface area (Å²) in [6.45, 7) is 1.39. The Morgan fingerprint density at radius 3 is 2.33 bits per heavy atom. The maximum atomic E-state index is 14.2. The van der Waals surface area contributed by atoms with E-state index < -0.39 is 29.1 Å². The number of ketones is 1. The van der Waals surface area contributed by atoms with Gasteiger partial charge in [-0.3, -0.25) is 14.6 Å². The topological polar surface area (TPSA) is 49.9 Å². The number of rotatable bonds is 4. The van der Waals surface area contributed by atoms with Gasteiger partial charge in [-0.15, -0.1) is 0 Å². The van der Waals surface area contributed by atoms with Crippen LogP contribution in [0.2, 0.25) is 0 Å². The van der Waals surface area contributed by atoms with Crippen molar-refractivity contribution in [1.29, 1.82) is 0 Å². The Hall–Kier alpha value is -2.19. The second-order valence-corrected chi connectivity index (χ2v) is 8.39. The van der Waals surface area contributed by atoms with Crippen LogP contribution in [0.5, 0.6) is 0 Å². The summed E-state index contributed by atoms with van der Waals surface area (Å²) in [4.78, 5) is 28.8. The summed E-state index contributed by atoms with van der Waals surface area (Å²) in [5, 5.41) is 0. The Balaban J connectivity index is 1.81. The van der Waals surface area contributed by atoms with Crippen LogP contribution >= 0.6 is 0 Å². The smallest absolute Gasteiger partial charge is 0.421 e. The third-order valence-corrected chi connectivity index (χ3v) is 6.99. The molecule has 3 atom stereocenters. The minimum atomic E-state index is -4.84. The molecule has 8 heteroatoms. The fraction of sp³-hybridized carbons (Fsp3) is 0.545. The zero-order valence-electron chi connectivity index (χ0n) is 17.0. The average Bonchev–Trinajstić information content (AvgIpc) is 3.24. The molecule has 0 aromatic heterocycles. The van der Waals surface area contributed by atoms with Crippen molar-refractivity contribution >= 4 is 11.8 Å². The molecule has 4 rings (SSSR count). The van der Waals surface area contributed by atoms with Crippen molar-refractivity contribution in [2.45, 2.75) is 36.5 Å². The molecule has 2 aliphatic heterocycles. The zero-order chi connectivity index (χ0) is 21.7. The number of nitrogens with zero attached hydrogens (tertiary/aromatic N) is 2. The predicted molar refractivity (Wildman–Crippen MR) is 104 cm³/mol. The van der Waals surface area contributed by atoms with Crippen molar-refractivity contribution in [3.8, 4) is 0 Å². The SMILES string of the molecule is COC(=O)C1(C(F)(F)F)C=C2CC(C(=O)c3ccccc3)C2(N2CCCC2)CN1C.